The fraction of sp³-hybridized carbons (Fsp3) is 0.900. The Hall–Kier alpha value is -0.120. The first-order chi connectivity index (χ1) is 6.37. The molecular formula is C10H17O3. The lowest BCUT2D eigenvalue weighted by molar-refractivity contribution is -0.334. The molecule has 1 unspecified atom stereocenters. The summed E-state index contributed by atoms with van der Waals surface area (Å²) in [5.74, 6) is -0.437. The van der Waals surface area contributed by atoms with Crippen LogP contribution in [0, 0.1) is 6.10 Å². The molecule has 0 saturated carbocycles. The van der Waals surface area contributed by atoms with Gasteiger partial charge in [0.15, 0.2) is 6.10 Å². The van der Waals surface area contributed by atoms with Gasteiger partial charge >= 0.3 is 0 Å². The molecule has 2 saturated heterocycles. The Morgan fingerprint density at radius 2 is 2.23 bits per heavy atom. The van der Waals surface area contributed by atoms with Crippen molar-refractivity contribution in [1.29, 1.82) is 0 Å². The van der Waals surface area contributed by atoms with Crippen LogP contribution in [0.5, 0.6) is 0 Å². The van der Waals surface area contributed by atoms with E-state index in [1.807, 2.05) is 0 Å². The second-order valence-electron chi connectivity index (χ2n) is 3.58. The van der Waals surface area contributed by atoms with E-state index in [9.17, 15) is 0 Å². The predicted octanol–water partition coefficient (Wildman–Crippen LogP) is 1.87. The van der Waals surface area contributed by atoms with Crippen LogP contribution in [-0.4, -0.2) is 25.6 Å². The average molecular weight is 185 g/mol. The van der Waals surface area contributed by atoms with Crippen molar-refractivity contribution in [3.8, 4) is 0 Å². The van der Waals surface area contributed by atoms with Crippen molar-refractivity contribution in [2.45, 2.75) is 38.4 Å². The average Bonchev–Trinajstić information content (AvgIpc) is 1.96. The zero-order chi connectivity index (χ0) is 9.15. The fourth-order valence-corrected chi connectivity index (χ4v) is 1.59. The third-order valence-electron chi connectivity index (χ3n) is 2.63. The highest BCUT2D eigenvalue weighted by atomic mass is 16.7. The van der Waals surface area contributed by atoms with E-state index in [1.165, 1.54) is 0 Å². The Kier molecular flexibility index (Phi) is 2.86. The summed E-state index contributed by atoms with van der Waals surface area (Å²) in [6, 6.07) is 0. The molecule has 0 N–H and O–H groups in total. The molecule has 0 aromatic heterocycles. The second-order valence-corrected chi connectivity index (χ2v) is 3.58. The van der Waals surface area contributed by atoms with Gasteiger partial charge in [0.25, 0.3) is 0 Å². The van der Waals surface area contributed by atoms with E-state index in [0.717, 1.165) is 51.6 Å². The third-order valence-corrected chi connectivity index (χ3v) is 2.63. The van der Waals surface area contributed by atoms with Crippen LogP contribution in [0.15, 0.2) is 0 Å². The Morgan fingerprint density at radius 1 is 1.46 bits per heavy atom. The summed E-state index contributed by atoms with van der Waals surface area (Å²) < 4.78 is 16.5. The summed E-state index contributed by atoms with van der Waals surface area (Å²) >= 11 is 0. The van der Waals surface area contributed by atoms with Crippen LogP contribution in [0.25, 0.3) is 0 Å². The Morgan fingerprint density at radius 3 is 2.62 bits per heavy atom. The minimum Gasteiger partial charge on any atom is -0.366 e. The first-order valence-corrected chi connectivity index (χ1v) is 5.14. The molecule has 75 valence electrons. The standard InChI is InChI=1S/C10H17O3/c1-2-3-6-12-10(5-8-13-10)9-4-7-11-9/h2-8H2,1H3. The first-order valence-electron chi connectivity index (χ1n) is 5.14. The lowest BCUT2D eigenvalue weighted by atomic mass is 9.96. The Bertz CT molecular complexity index is 162. The number of hydrogen-bond acceptors (Lipinski definition) is 3. The van der Waals surface area contributed by atoms with Crippen LogP contribution >= 0.6 is 0 Å². The Balaban J connectivity index is 1.77. The van der Waals surface area contributed by atoms with Crippen molar-refractivity contribution >= 4 is 0 Å². The quantitative estimate of drug-likeness (QED) is 0.612. The molecule has 0 amide bonds. The predicted molar refractivity (Wildman–Crippen MR) is 48.0 cm³/mol. The molecule has 0 aromatic carbocycles. The van der Waals surface area contributed by atoms with Crippen molar-refractivity contribution in [3.63, 3.8) is 0 Å². The summed E-state index contributed by atoms with van der Waals surface area (Å²) in [5.41, 5.74) is 0. The van der Waals surface area contributed by atoms with Crippen molar-refractivity contribution in [3.05, 3.63) is 6.10 Å². The van der Waals surface area contributed by atoms with Gasteiger partial charge < -0.3 is 14.2 Å². The summed E-state index contributed by atoms with van der Waals surface area (Å²) in [6.45, 7) is 4.57. The highest BCUT2D eigenvalue weighted by Gasteiger charge is 2.51. The Labute approximate surface area is 79.4 Å². The monoisotopic (exact) mass is 185 g/mol. The van der Waals surface area contributed by atoms with Crippen LogP contribution in [0.4, 0.5) is 0 Å². The maximum absolute atomic E-state index is 5.73. The van der Waals surface area contributed by atoms with Crippen molar-refractivity contribution in [2.75, 3.05) is 19.8 Å². The SMILES string of the molecule is CCCCOC1([C]2CCO2)CCO1. The topological polar surface area (TPSA) is 27.7 Å². The van der Waals surface area contributed by atoms with Gasteiger partial charge in [-0.15, -0.1) is 0 Å². The molecule has 3 heteroatoms. The molecule has 0 aliphatic carbocycles. The summed E-state index contributed by atoms with van der Waals surface area (Å²) in [5, 5.41) is 0. The van der Waals surface area contributed by atoms with Crippen LogP contribution in [0.2, 0.25) is 0 Å². The molecule has 1 atom stereocenters. The number of rotatable bonds is 5. The zero-order valence-corrected chi connectivity index (χ0v) is 8.17. The van der Waals surface area contributed by atoms with Gasteiger partial charge in [0.05, 0.1) is 19.8 Å². The molecule has 0 spiro atoms. The molecular weight excluding hydrogens is 168 g/mol. The molecule has 2 aliphatic heterocycles. The van der Waals surface area contributed by atoms with Crippen molar-refractivity contribution in [2.24, 2.45) is 0 Å². The van der Waals surface area contributed by atoms with Gasteiger partial charge in [-0.05, 0) is 6.42 Å². The molecule has 0 aromatic rings. The minimum absolute atomic E-state index is 0.437. The molecule has 0 bridgehead atoms. The van der Waals surface area contributed by atoms with Gasteiger partial charge in [-0.3, -0.25) is 0 Å². The lowest BCUT2D eigenvalue weighted by Crippen LogP contribution is -2.55. The van der Waals surface area contributed by atoms with Crippen LogP contribution in [-0.2, 0) is 14.2 Å². The van der Waals surface area contributed by atoms with Gasteiger partial charge in [0, 0.05) is 12.8 Å². The van der Waals surface area contributed by atoms with Gasteiger partial charge in [-0.25, -0.2) is 0 Å². The van der Waals surface area contributed by atoms with E-state index < -0.39 is 5.79 Å². The number of ether oxygens (including phenoxy) is 3. The van der Waals surface area contributed by atoms with E-state index >= 15 is 0 Å². The molecule has 2 fully saturated rings. The van der Waals surface area contributed by atoms with Gasteiger partial charge in [-0.2, -0.15) is 0 Å². The van der Waals surface area contributed by atoms with E-state index in [1.54, 1.807) is 0 Å². The lowest BCUT2D eigenvalue weighted by Gasteiger charge is -2.48. The molecule has 2 aliphatic rings. The summed E-state index contributed by atoms with van der Waals surface area (Å²) in [4.78, 5) is 0. The molecule has 1 radical (unpaired) electrons. The maximum Gasteiger partial charge on any atom is 0.203 e. The van der Waals surface area contributed by atoms with Crippen LogP contribution < -0.4 is 0 Å². The van der Waals surface area contributed by atoms with Gasteiger partial charge in [-0.1, -0.05) is 13.3 Å². The summed E-state index contributed by atoms with van der Waals surface area (Å²) in [7, 11) is 0. The van der Waals surface area contributed by atoms with E-state index in [4.69, 9.17) is 14.2 Å². The first kappa shape index (κ1) is 9.44. The fourth-order valence-electron chi connectivity index (χ4n) is 1.59. The van der Waals surface area contributed by atoms with Gasteiger partial charge in [0.1, 0.15) is 0 Å². The van der Waals surface area contributed by atoms with Crippen LogP contribution in [0.3, 0.4) is 0 Å². The molecule has 2 heterocycles. The molecule has 3 nitrogen and oxygen atoms in total. The normalized spacial score (nSPS) is 33.9. The van der Waals surface area contributed by atoms with E-state index in [0.29, 0.717) is 0 Å². The van der Waals surface area contributed by atoms with Crippen LogP contribution in [0.1, 0.15) is 32.6 Å². The van der Waals surface area contributed by atoms with E-state index in [-0.39, 0.29) is 0 Å². The third kappa shape index (κ3) is 1.73. The largest absolute Gasteiger partial charge is 0.366 e. The van der Waals surface area contributed by atoms with E-state index in [2.05, 4.69) is 6.92 Å². The van der Waals surface area contributed by atoms with Crippen molar-refractivity contribution in [1.82, 2.24) is 0 Å². The molecule has 2 rings (SSSR count). The van der Waals surface area contributed by atoms with Gasteiger partial charge in [0.2, 0.25) is 5.79 Å². The number of hydrogen-bond donors (Lipinski definition) is 0. The highest BCUT2D eigenvalue weighted by molar-refractivity contribution is 5.05. The smallest absolute Gasteiger partial charge is 0.203 e. The summed E-state index contributed by atoms with van der Waals surface area (Å²) in [6.07, 6.45) is 5.23. The maximum atomic E-state index is 5.73. The minimum atomic E-state index is -0.437. The highest BCUT2D eigenvalue weighted by Crippen LogP contribution is 2.43. The molecule has 13 heavy (non-hydrogen) atoms. The number of unbranched alkanes of at least 4 members (excludes halogenated alkanes) is 1. The second kappa shape index (κ2) is 3.95. The zero-order valence-electron chi connectivity index (χ0n) is 8.17. The van der Waals surface area contributed by atoms with Crippen molar-refractivity contribution < 1.29 is 14.2 Å².